The van der Waals surface area contributed by atoms with Crippen LogP contribution in [0.3, 0.4) is 0 Å². The Morgan fingerprint density at radius 3 is 1.25 bits per heavy atom. The van der Waals surface area contributed by atoms with Crippen molar-refractivity contribution in [2.45, 2.75) is 37.9 Å². The maximum absolute atomic E-state index is 12.6. The molecule has 1 aliphatic carbocycles. The Bertz CT molecular complexity index is 1450. The molecule has 1 saturated carbocycles. The molecule has 0 radical (unpaired) electrons. The van der Waals surface area contributed by atoms with Gasteiger partial charge < -0.3 is 47.4 Å². The smallest absolute Gasteiger partial charge is 0.459 e. The first-order valence-corrected chi connectivity index (χ1v) is 14.1. The standard InChI is InChI=1S/C32H32O16/c1-39-29(35)45-23-12-8-19(16-25(23)47-31(37)41-3)10-14-27(33)43-21-6-5-7-22(18-21)44-28(34)15-11-20-9-13-24(46-30(36)40-2)26(17-20)48-32(38)42-4/h8-17,21-22H,5-7,18H2,1-4H3/b14-10+,15-11+/t21-,22-/m1/s1. The number of ether oxygens (including phenoxy) is 10. The van der Waals surface area contributed by atoms with Crippen LogP contribution < -0.4 is 18.9 Å². The number of carbonyl (C=O) groups is 6. The summed E-state index contributed by atoms with van der Waals surface area (Å²) in [6.07, 6.45) is 1.90. The van der Waals surface area contributed by atoms with Crippen LogP contribution in [0.25, 0.3) is 12.2 Å². The lowest BCUT2D eigenvalue weighted by Crippen LogP contribution is -2.30. The molecule has 0 heterocycles. The second-order valence-corrected chi connectivity index (χ2v) is 9.59. The van der Waals surface area contributed by atoms with Gasteiger partial charge in [-0.2, -0.15) is 0 Å². The topological polar surface area (TPSA) is 195 Å². The van der Waals surface area contributed by atoms with E-state index in [1.54, 1.807) is 0 Å². The second-order valence-electron chi connectivity index (χ2n) is 9.59. The molecule has 0 bridgehead atoms. The fourth-order valence-electron chi connectivity index (χ4n) is 4.16. The minimum absolute atomic E-state index is 0.120. The zero-order valence-corrected chi connectivity index (χ0v) is 26.3. The molecule has 2 aromatic rings. The van der Waals surface area contributed by atoms with Crippen LogP contribution >= 0.6 is 0 Å². The summed E-state index contributed by atoms with van der Waals surface area (Å²) in [6, 6.07) is 8.32. The Kier molecular flexibility index (Phi) is 13.8. The van der Waals surface area contributed by atoms with E-state index in [1.807, 2.05) is 0 Å². The molecule has 1 fully saturated rings. The summed E-state index contributed by atoms with van der Waals surface area (Å²) in [5, 5.41) is 0. The molecule has 48 heavy (non-hydrogen) atoms. The van der Waals surface area contributed by atoms with Gasteiger partial charge >= 0.3 is 36.6 Å². The third-order valence-corrected chi connectivity index (χ3v) is 6.34. The third kappa shape index (κ3) is 11.7. The van der Waals surface area contributed by atoms with Crippen molar-refractivity contribution >= 4 is 48.7 Å². The molecular weight excluding hydrogens is 640 g/mol. The highest BCUT2D eigenvalue weighted by atomic mass is 16.8. The van der Waals surface area contributed by atoms with E-state index in [-0.39, 0.29) is 29.4 Å². The molecule has 2 aromatic carbocycles. The van der Waals surface area contributed by atoms with Gasteiger partial charge in [0.25, 0.3) is 0 Å². The van der Waals surface area contributed by atoms with Crippen LogP contribution in [0, 0.1) is 0 Å². The summed E-state index contributed by atoms with van der Waals surface area (Å²) < 4.78 is 48.8. The fourth-order valence-corrected chi connectivity index (χ4v) is 4.16. The summed E-state index contributed by atoms with van der Waals surface area (Å²) in [6.45, 7) is 0. The first-order valence-electron chi connectivity index (χ1n) is 14.1. The molecule has 0 amide bonds. The van der Waals surface area contributed by atoms with E-state index in [4.69, 9.17) is 28.4 Å². The van der Waals surface area contributed by atoms with Crippen molar-refractivity contribution in [2.24, 2.45) is 0 Å². The van der Waals surface area contributed by atoms with Gasteiger partial charge in [-0.05, 0) is 66.8 Å². The molecule has 0 unspecified atom stereocenters. The number of hydrogen-bond acceptors (Lipinski definition) is 16. The van der Waals surface area contributed by atoms with E-state index in [0.29, 0.717) is 30.4 Å². The van der Waals surface area contributed by atoms with Crippen LogP contribution in [0.15, 0.2) is 48.6 Å². The highest BCUT2D eigenvalue weighted by Crippen LogP contribution is 2.31. The molecule has 2 atom stereocenters. The molecular formula is C32H32O16. The minimum atomic E-state index is -1.06. The van der Waals surface area contributed by atoms with Crippen molar-refractivity contribution in [3.05, 3.63) is 59.7 Å². The third-order valence-electron chi connectivity index (χ3n) is 6.34. The van der Waals surface area contributed by atoms with Gasteiger partial charge in [-0.25, -0.2) is 28.8 Å². The van der Waals surface area contributed by atoms with Crippen molar-refractivity contribution in [2.75, 3.05) is 28.4 Å². The highest BCUT2D eigenvalue weighted by molar-refractivity contribution is 5.88. The van der Waals surface area contributed by atoms with Crippen molar-refractivity contribution in [3.63, 3.8) is 0 Å². The van der Waals surface area contributed by atoms with Crippen LogP contribution in [0.4, 0.5) is 19.2 Å². The van der Waals surface area contributed by atoms with Gasteiger partial charge in [0.05, 0.1) is 28.4 Å². The number of esters is 2. The van der Waals surface area contributed by atoms with E-state index in [2.05, 4.69) is 18.9 Å². The van der Waals surface area contributed by atoms with Gasteiger partial charge in [0.1, 0.15) is 12.2 Å². The summed E-state index contributed by atoms with van der Waals surface area (Å²) >= 11 is 0. The fraction of sp³-hybridized carbons (Fsp3) is 0.312. The molecule has 16 heteroatoms. The monoisotopic (exact) mass is 672 g/mol. The van der Waals surface area contributed by atoms with E-state index in [1.165, 1.54) is 48.6 Å². The lowest BCUT2D eigenvalue weighted by Gasteiger charge is -2.28. The van der Waals surface area contributed by atoms with Gasteiger partial charge in [-0.15, -0.1) is 0 Å². The van der Waals surface area contributed by atoms with Gasteiger partial charge in [-0.1, -0.05) is 12.1 Å². The molecule has 0 N–H and O–H groups in total. The zero-order valence-electron chi connectivity index (χ0n) is 26.3. The Morgan fingerprint density at radius 2 is 0.896 bits per heavy atom. The Balaban J connectivity index is 1.58. The molecule has 3 rings (SSSR count). The minimum Gasteiger partial charge on any atom is -0.459 e. The van der Waals surface area contributed by atoms with E-state index in [0.717, 1.165) is 40.6 Å². The summed E-state index contributed by atoms with van der Waals surface area (Å²) in [5.41, 5.74) is 0.805. The van der Waals surface area contributed by atoms with E-state index >= 15 is 0 Å². The summed E-state index contributed by atoms with van der Waals surface area (Å²) in [5.74, 6) is -1.89. The number of benzene rings is 2. The summed E-state index contributed by atoms with van der Waals surface area (Å²) in [7, 11) is 4.42. The maximum Gasteiger partial charge on any atom is 0.513 e. The molecule has 16 nitrogen and oxygen atoms in total. The van der Waals surface area contributed by atoms with Gasteiger partial charge in [0.15, 0.2) is 23.0 Å². The van der Waals surface area contributed by atoms with Crippen LogP contribution in [0.1, 0.15) is 36.8 Å². The maximum atomic E-state index is 12.6. The van der Waals surface area contributed by atoms with Crippen LogP contribution in [-0.2, 0) is 38.0 Å². The second kappa shape index (κ2) is 18.2. The van der Waals surface area contributed by atoms with Gasteiger partial charge in [0, 0.05) is 18.6 Å². The normalized spacial score (nSPS) is 15.5. The molecule has 256 valence electrons. The number of rotatable bonds is 10. The van der Waals surface area contributed by atoms with Crippen molar-refractivity contribution < 1.29 is 76.1 Å². The average Bonchev–Trinajstić information content (AvgIpc) is 3.08. The lowest BCUT2D eigenvalue weighted by molar-refractivity contribution is -0.152. The Morgan fingerprint density at radius 1 is 0.542 bits per heavy atom. The SMILES string of the molecule is COC(=O)Oc1ccc(/C=C/C(=O)O[C@@H]2CCC[C@@H](OC(=O)/C=C/c3ccc(OC(=O)OC)c(OC(=O)OC)c3)C2)cc1OC(=O)OC. The van der Waals surface area contributed by atoms with Gasteiger partial charge in [-0.3, -0.25) is 0 Å². The first-order chi connectivity index (χ1) is 23.0. The zero-order chi connectivity index (χ0) is 35.1. The average molecular weight is 673 g/mol. The molecule has 1 aliphatic rings. The highest BCUT2D eigenvalue weighted by Gasteiger charge is 2.27. The predicted molar refractivity (Wildman–Crippen MR) is 161 cm³/mol. The van der Waals surface area contributed by atoms with E-state index in [9.17, 15) is 28.8 Å². The molecule has 0 aliphatic heterocycles. The quantitative estimate of drug-likeness (QED) is 0.135. The van der Waals surface area contributed by atoms with Crippen LogP contribution in [-0.4, -0.2) is 77.2 Å². The van der Waals surface area contributed by atoms with Crippen molar-refractivity contribution in [1.29, 1.82) is 0 Å². The first kappa shape index (κ1) is 36.4. The van der Waals surface area contributed by atoms with Crippen molar-refractivity contribution in [3.8, 4) is 23.0 Å². The van der Waals surface area contributed by atoms with Crippen molar-refractivity contribution in [1.82, 2.24) is 0 Å². The van der Waals surface area contributed by atoms with Crippen LogP contribution in [0.2, 0.25) is 0 Å². The predicted octanol–water partition coefficient (Wildman–Crippen LogP) is 5.39. The van der Waals surface area contributed by atoms with Crippen LogP contribution in [0.5, 0.6) is 23.0 Å². The van der Waals surface area contributed by atoms with Gasteiger partial charge in [0.2, 0.25) is 0 Å². The molecule has 0 aromatic heterocycles. The molecule has 0 saturated heterocycles. The summed E-state index contributed by atoms with van der Waals surface area (Å²) in [4.78, 5) is 71.3. The number of methoxy groups -OCH3 is 4. The number of carbonyl (C=O) groups excluding carboxylic acids is 6. The Hall–Kier alpha value is -6.06. The number of hydrogen-bond donors (Lipinski definition) is 0. The Labute approximate surface area is 274 Å². The largest absolute Gasteiger partial charge is 0.513 e. The lowest BCUT2D eigenvalue weighted by atomic mass is 9.95. The van der Waals surface area contributed by atoms with E-state index < -0.39 is 48.8 Å². The molecule has 0 spiro atoms.